The van der Waals surface area contributed by atoms with Crippen molar-refractivity contribution in [2.75, 3.05) is 11.9 Å². The molecule has 0 fully saturated rings. The monoisotopic (exact) mass is 321 g/mol. The molecule has 0 aliphatic rings. The van der Waals surface area contributed by atoms with Gasteiger partial charge in [-0.15, -0.1) is 11.3 Å². The van der Waals surface area contributed by atoms with Crippen molar-refractivity contribution >= 4 is 39.0 Å². The fraction of sp³-hybridized carbons (Fsp3) is 0.0833. The van der Waals surface area contributed by atoms with E-state index in [-0.39, 0.29) is 5.91 Å². The minimum absolute atomic E-state index is 0.122. The minimum atomic E-state index is -0.122. The predicted octanol–water partition coefficient (Wildman–Crippen LogP) is 3.05. The molecule has 2 heterocycles. The number of pyridine rings is 1. The topological polar surface area (TPSA) is 57.0 Å². The number of aromatic nitrogens is 1. The fourth-order valence-corrected chi connectivity index (χ4v) is 2.71. The van der Waals surface area contributed by atoms with Crippen molar-refractivity contribution in [3.63, 3.8) is 0 Å². The van der Waals surface area contributed by atoms with Crippen LogP contribution in [0.3, 0.4) is 0 Å². The molecule has 0 unspecified atom stereocenters. The molecule has 0 spiro atoms. The number of halogens is 1. The molecule has 0 aromatic carbocycles. The summed E-state index contributed by atoms with van der Waals surface area (Å²) in [7, 11) is 1.66. The largest absolute Gasteiger partial charge is 0.295 e. The Morgan fingerprint density at radius 3 is 2.72 bits per heavy atom. The van der Waals surface area contributed by atoms with Crippen LogP contribution in [0.25, 0.3) is 0 Å². The summed E-state index contributed by atoms with van der Waals surface area (Å²) < 4.78 is 0.909. The van der Waals surface area contributed by atoms with Crippen LogP contribution in [-0.4, -0.2) is 17.9 Å². The Labute approximate surface area is 117 Å². The van der Waals surface area contributed by atoms with E-state index in [1.165, 1.54) is 22.4 Å². The first-order chi connectivity index (χ1) is 8.61. The van der Waals surface area contributed by atoms with Crippen molar-refractivity contribution in [3.8, 4) is 6.07 Å². The summed E-state index contributed by atoms with van der Waals surface area (Å²) in [6.45, 7) is 0. The molecule has 18 heavy (non-hydrogen) atoms. The second-order valence-corrected chi connectivity index (χ2v) is 5.95. The van der Waals surface area contributed by atoms with E-state index in [9.17, 15) is 4.79 Å². The van der Waals surface area contributed by atoms with Crippen molar-refractivity contribution in [2.24, 2.45) is 0 Å². The van der Waals surface area contributed by atoms with Crippen molar-refractivity contribution in [1.82, 2.24) is 4.98 Å². The van der Waals surface area contributed by atoms with Gasteiger partial charge >= 0.3 is 0 Å². The second-order valence-electron chi connectivity index (χ2n) is 3.48. The maximum Gasteiger partial charge on any atom is 0.269 e. The van der Waals surface area contributed by atoms with Gasteiger partial charge in [-0.1, -0.05) is 0 Å². The van der Waals surface area contributed by atoms with E-state index in [1.807, 2.05) is 12.1 Å². The SMILES string of the molecule is CN(C(=O)c1ccc(Br)s1)c1ccc(C#N)cn1. The molecule has 1 amide bonds. The Morgan fingerprint density at radius 2 is 2.22 bits per heavy atom. The number of hydrogen-bond acceptors (Lipinski definition) is 4. The molecule has 0 saturated heterocycles. The first-order valence-corrected chi connectivity index (χ1v) is 6.62. The highest BCUT2D eigenvalue weighted by atomic mass is 79.9. The molecule has 0 saturated carbocycles. The molecule has 0 aliphatic heterocycles. The molecule has 0 atom stereocenters. The summed E-state index contributed by atoms with van der Waals surface area (Å²) in [5, 5.41) is 8.68. The van der Waals surface area contributed by atoms with Gasteiger partial charge in [0.25, 0.3) is 5.91 Å². The number of rotatable bonds is 2. The number of nitrogens with zero attached hydrogens (tertiary/aromatic N) is 3. The normalized spacial score (nSPS) is 9.83. The zero-order valence-electron chi connectivity index (χ0n) is 9.42. The first-order valence-electron chi connectivity index (χ1n) is 5.01. The molecule has 0 aliphatic carbocycles. The summed E-state index contributed by atoms with van der Waals surface area (Å²) >= 11 is 4.69. The molecular formula is C12H8BrN3OS. The van der Waals surface area contributed by atoms with E-state index in [0.717, 1.165) is 3.79 Å². The Morgan fingerprint density at radius 1 is 1.44 bits per heavy atom. The Balaban J connectivity index is 2.23. The quantitative estimate of drug-likeness (QED) is 0.854. The number of nitriles is 1. The summed E-state index contributed by atoms with van der Waals surface area (Å²) in [4.78, 5) is 18.3. The van der Waals surface area contributed by atoms with E-state index in [1.54, 1.807) is 25.2 Å². The van der Waals surface area contributed by atoms with Gasteiger partial charge < -0.3 is 0 Å². The zero-order chi connectivity index (χ0) is 13.1. The van der Waals surface area contributed by atoms with Crippen LogP contribution in [0.15, 0.2) is 34.2 Å². The van der Waals surface area contributed by atoms with Crippen molar-refractivity contribution in [1.29, 1.82) is 5.26 Å². The molecule has 4 nitrogen and oxygen atoms in total. The van der Waals surface area contributed by atoms with Crippen LogP contribution >= 0.6 is 27.3 Å². The van der Waals surface area contributed by atoms with Gasteiger partial charge in [0.1, 0.15) is 11.9 Å². The lowest BCUT2D eigenvalue weighted by Gasteiger charge is -2.14. The van der Waals surface area contributed by atoms with Gasteiger partial charge in [0.15, 0.2) is 0 Å². The Bertz CT molecular complexity index is 615. The van der Waals surface area contributed by atoms with Crippen LogP contribution in [0, 0.1) is 11.3 Å². The number of amides is 1. The van der Waals surface area contributed by atoms with Gasteiger partial charge in [0.2, 0.25) is 0 Å². The lowest BCUT2D eigenvalue weighted by Crippen LogP contribution is -2.26. The molecule has 6 heteroatoms. The summed E-state index contributed by atoms with van der Waals surface area (Å²) in [6, 6.07) is 8.87. The van der Waals surface area contributed by atoms with Crippen LogP contribution in [0.4, 0.5) is 5.82 Å². The second kappa shape index (κ2) is 5.29. The fourth-order valence-electron chi connectivity index (χ4n) is 1.35. The molecule has 2 rings (SSSR count). The van der Waals surface area contributed by atoms with Crippen LogP contribution in [0.1, 0.15) is 15.2 Å². The van der Waals surface area contributed by atoms with Gasteiger partial charge in [0.05, 0.1) is 14.2 Å². The van der Waals surface area contributed by atoms with E-state index in [0.29, 0.717) is 16.3 Å². The molecule has 90 valence electrons. The summed E-state index contributed by atoms with van der Waals surface area (Å²) in [6.07, 6.45) is 1.45. The average molecular weight is 322 g/mol. The molecule has 0 bridgehead atoms. The van der Waals surface area contributed by atoms with Gasteiger partial charge in [-0.25, -0.2) is 4.98 Å². The molecule has 0 N–H and O–H groups in total. The smallest absolute Gasteiger partial charge is 0.269 e. The average Bonchev–Trinajstić information content (AvgIpc) is 2.84. The third kappa shape index (κ3) is 2.58. The highest BCUT2D eigenvalue weighted by Gasteiger charge is 2.16. The van der Waals surface area contributed by atoms with Crippen molar-refractivity contribution in [2.45, 2.75) is 0 Å². The molecule has 2 aromatic rings. The van der Waals surface area contributed by atoms with Crippen molar-refractivity contribution in [3.05, 3.63) is 44.7 Å². The number of hydrogen-bond donors (Lipinski definition) is 0. The van der Waals surface area contributed by atoms with E-state index < -0.39 is 0 Å². The van der Waals surface area contributed by atoms with Crippen LogP contribution in [-0.2, 0) is 0 Å². The maximum absolute atomic E-state index is 12.1. The maximum atomic E-state index is 12.1. The molecule has 0 radical (unpaired) electrons. The highest BCUT2D eigenvalue weighted by molar-refractivity contribution is 9.11. The molecule has 2 aromatic heterocycles. The summed E-state index contributed by atoms with van der Waals surface area (Å²) in [5.74, 6) is 0.395. The predicted molar refractivity (Wildman–Crippen MR) is 73.7 cm³/mol. The van der Waals surface area contributed by atoms with Crippen LogP contribution in [0.5, 0.6) is 0 Å². The Hall–Kier alpha value is -1.71. The third-order valence-corrected chi connectivity index (χ3v) is 3.92. The van der Waals surface area contributed by atoms with E-state index in [2.05, 4.69) is 20.9 Å². The van der Waals surface area contributed by atoms with Gasteiger partial charge in [-0.05, 0) is 40.2 Å². The number of carbonyl (C=O) groups is 1. The van der Waals surface area contributed by atoms with Crippen LogP contribution < -0.4 is 4.90 Å². The van der Waals surface area contributed by atoms with E-state index >= 15 is 0 Å². The first kappa shape index (κ1) is 12.7. The minimum Gasteiger partial charge on any atom is -0.295 e. The lowest BCUT2D eigenvalue weighted by molar-refractivity contribution is 0.0996. The van der Waals surface area contributed by atoms with Gasteiger partial charge in [0, 0.05) is 13.2 Å². The summed E-state index contributed by atoms with van der Waals surface area (Å²) in [5.41, 5.74) is 0.471. The number of thiophene rings is 1. The van der Waals surface area contributed by atoms with E-state index in [4.69, 9.17) is 5.26 Å². The van der Waals surface area contributed by atoms with Crippen LogP contribution in [0.2, 0.25) is 0 Å². The standard InChI is InChI=1S/C12H8BrN3OS/c1-16(11-5-2-8(6-14)7-15-11)12(17)9-3-4-10(13)18-9/h2-5,7H,1H3. The highest BCUT2D eigenvalue weighted by Crippen LogP contribution is 2.24. The van der Waals surface area contributed by atoms with Crippen molar-refractivity contribution < 1.29 is 4.79 Å². The Kier molecular flexibility index (Phi) is 3.75. The zero-order valence-corrected chi connectivity index (χ0v) is 11.8. The van der Waals surface area contributed by atoms with Gasteiger partial charge in [-0.2, -0.15) is 5.26 Å². The lowest BCUT2D eigenvalue weighted by atomic mass is 10.3. The number of anilines is 1. The third-order valence-electron chi connectivity index (χ3n) is 2.31. The number of carbonyl (C=O) groups excluding carboxylic acids is 1. The van der Waals surface area contributed by atoms with Gasteiger partial charge in [-0.3, -0.25) is 9.69 Å². The molecular weight excluding hydrogens is 314 g/mol.